The summed E-state index contributed by atoms with van der Waals surface area (Å²) in [6.45, 7) is 26.8. The predicted molar refractivity (Wildman–Crippen MR) is 163 cm³/mol. The van der Waals surface area contributed by atoms with Gasteiger partial charge in [-0.05, 0) is 117 Å². The van der Waals surface area contributed by atoms with Crippen LogP contribution in [-0.2, 0) is 23.7 Å². The van der Waals surface area contributed by atoms with Crippen LogP contribution in [0, 0.1) is 0 Å². The average molecular weight is 661 g/mol. The molecule has 1 rings (SSSR count). The molecule has 44 heavy (non-hydrogen) atoms. The Morgan fingerprint density at radius 3 is 1.34 bits per heavy atom. The van der Waals surface area contributed by atoms with E-state index in [0.29, 0.717) is 19.4 Å². The minimum absolute atomic E-state index is 0.206. The molecule has 0 aromatic carbocycles. The first kappa shape index (κ1) is 47.7. The van der Waals surface area contributed by atoms with E-state index >= 15 is 0 Å². The average Bonchev–Trinajstić information content (AvgIpc) is 2.87. The van der Waals surface area contributed by atoms with Crippen LogP contribution in [0.4, 0.5) is 30.7 Å². The van der Waals surface area contributed by atoms with Crippen LogP contribution in [0.5, 0.6) is 0 Å². The van der Waals surface area contributed by atoms with Crippen molar-refractivity contribution in [2.24, 2.45) is 0 Å². The van der Waals surface area contributed by atoms with Gasteiger partial charge in [-0.15, -0.1) is 0 Å². The van der Waals surface area contributed by atoms with Gasteiger partial charge in [0, 0.05) is 27.1 Å². The van der Waals surface area contributed by atoms with E-state index in [4.69, 9.17) is 18.9 Å². The highest BCUT2D eigenvalue weighted by molar-refractivity contribution is 5.01. The molecule has 0 radical (unpaired) electrons. The summed E-state index contributed by atoms with van der Waals surface area (Å²) in [4.78, 5) is 0. The van der Waals surface area contributed by atoms with Crippen molar-refractivity contribution in [1.29, 1.82) is 0 Å². The largest absolute Gasteiger partial charge is 0.375 e. The fraction of sp³-hybridized carbons (Fsp3) is 1.00. The Balaban J connectivity index is -0.000000541. The summed E-state index contributed by atoms with van der Waals surface area (Å²) in [6, 6.07) is 0. The number of halogens is 7. The van der Waals surface area contributed by atoms with E-state index < -0.39 is 64.8 Å². The van der Waals surface area contributed by atoms with Crippen LogP contribution in [0.1, 0.15) is 131 Å². The van der Waals surface area contributed by atoms with Crippen molar-refractivity contribution in [3.8, 4) is 0 Å². The predicted octanol–water partition coefficient (Wildman–Crippen LogP) is 10.4. The smallest absolute Gasteiger partial charge is 0.297 e. The molecule has 1 saturated heterocycles. The van der Waals surface area contributed by atoms with Gasteiger partial charge in [0.15, 0.2) is 0 Å². The molecule has 1 unspecified atom stereocenters. The van der Waals surface area contributed by atoms with Crippen molar-refractivity contribution >= 4 is 0 Å². The molecule has 1 fully saturated rings. The van der Waals surface area contributed by atoms with Gasteiger partial charge in [-0.2, -0.15) is 0 Å². The van der Waals surface area contributed by atoms with Gasteiger partial charge in [0.1, 0.15) is 6.61 Å². The van der Waals surface area contributed by atoms with E-state index in [1.807, 2.05) is 34.6 Å². The zero-order valence-corrected chi connectivity index (χ0v) is 30.4. The Morgan fingerprint density at radius 2 is 1.09 bits per heavy atom. The maximum atomic E-state index is 13.4. The van der Waals surface area contributed by atoms with E-state index in [0.717, 1.165) is 13.8 Å². The Hall–Kier alpha value is -0.690. The molecule has 12 heteroatoms. The van der Waals surface area contributed by atoms with Gasteiger partial charge >= 0.3 is 0 Å². The summed E-state index contributed by atoms with van der Waals surface area (Å²) in [7, 11) is 0. The van der Waals surface area contributed by atoms with Crippen molar-refractivity contribution in [3.05, 3.63) is 0 Å². The molecule has 0 aromatic rings. The van der Waals surface area contributed by atoms with Crippen LogP contribution in [0.2, 0.25) is 0 Å². The second kappa shape index (κ2) is 18.0. The lowest BCUT2D eigenvalue weighted by molar-refractivity contribution is -0.292. The van der Waals surface area contributed by atoms with E-state index in [-0.39, 0.29) is 6.61 Å². The van der Waals surface area contributed by atoms with Gasteiger partial charge in [-0.25, -0.2) is 30.7 Å². The Labute approximate surface area is 263 Å². The molecule has 0 amide bonds. The third-order valence-corrected chi connectivity index (χ3v) is 6.85. The van der Waals surface area contributed by atoms with Crippen LogP contribution in [-0.4, -0.2) is 78.1 Å². The molecule has 1 heterocycles. The molecule has 1 atom stereocenters. The SMILES string of the molecule is CC(C)F.CC(F)(F)C1(C)OC(C)(C)C(C)(C)O1.CC(F)CCCOCC(C)(F)F.CCOC(C)(C)C(C)(C)OC(C)(C)F. The van der Waals surface area contributed by atoms with Crippen molar-refractivity contribution in [1.82, 2.24) is 0 Å². The minimum Gasteiger partial charge on any atom is -0.375 e. The Morgan fingerprint density at radius 1 is 0.705 bits per heavy atom. The first-order valence-corrected chi connectivity index (χ1v) is 15.1. The molecule has 5 nitrogen and oxygen atoms in total. The van der Waals surface area contributed by atoms with Gasteiger partial charge in [-0.1, -0.05) is 0 Å². The third-order valence-electron chi connectivity index (χ3n) is 6.85. The van der Waals surface area contributed by atoms with E-state index in [1.165, 1.54) is 41.5 Å². The van der Waals surface area contributed by atoms with Crippen molar-refractivity contribution in [3.63, 3.8) is 0 Å². The zero-order chi connectivity index (χ0) is 36.2. The van der Waals surface area contributed by atoms with Gasteiger partial charge in [0.2, 0.25) is 11.6 Å². The second-order valence-electron chi connectivity index (χ2n) is 14.0. The van der Waals surface area contributed by atoms with E-state index in [2.05, 4.69) is 4.74 Å². The quantitative estimate of drug-likeness (QED) is 0.154. The Kier molecular flexibility index (Phi) is 19.5. The molecular formula is C32H63F7O5. The van der Waals surface area contributed by atoms with Crippen molar-refractivity contribution in [2.45, 2.75) is 189 Å². The summed E-state index contributed by atoms with van der Waals surface area (Å²) >= 11 is 0. The van der Waals surface area contributed by atoms with Crippen molar-refractivity contribution < 1.29 is 54.4 Å². The first-order chi connectivity index (χ1) is 19.1. The molecule has 0 aromatic heterocycles. The van der Waals surface area contributed by atoms with Crippen molar-refractivity contribution in [2.75, 3.05) is 19.8 Å². The topological polar surface area (TPSA) is 46.2 Å². The Bertz CT molecular complexity index is 745. The summed E-state index contributed by atoms with van der Waals surface area (Å²) in [6.07, 6.45) is -0.681. The summed E-state index contributed by atoms with van der Waals surface area (Å²) < 4.78 is 113. The van der Waals surface area contributed by atoms with E-state index in [1.54, 1.807) is 27.7 Å². The van der Waals surface area contributed by atoms with Gasteiger partial charge in [0.25, 0.3) is 11.8 Å². The van der Waals surface area contributed by atoms with Gasteiger partial charge < -0.3 is 23.7 Å². The summed E-state index contributed by atoms with van der Waals surface area (Å²) in [5.74, 6) is -9.27. The second-order valence-corrected chi connectivity index (χ2v) is 14.0. The summed E-state index contributed by atoms with van der Waals surface area (Å²) in [5, 5.41) is 0. The molecule has 0 aliphatic carbocycles. The highest BCUT2D eigenvalue weighted by Crippen LogP contribution is 2.49. The molecule has 0 bridgehead atoms. The number of ether oxygens (including phenoxy) is 5. The monoisotopic (exact) mass is 660 g/mol. The third kappa shape index (κ3) is 20.4. The van der Waals surface area contributed by atoms with E-state index in [9.17, 15) is 30.7 Å². The van der Waals surface area contributed by atoms with Gasteiger partial charge in [0.05, 0.1) is 34.7 Å². The first-order valence-electron chi connectivity index (χ1n) is 15.1. The maximum absolute atomic E-state index is 13.4. The number of alkyl halides is 7. The lowest BCUT2D eigenvalue weighted by atomic mass is 9.88. The fourth-order valence-corrected chi connectivity index (χ4v) is 3.40. The minimum atomic E-state index is -3.02. The molecule has 1 aliphatic heterocycles. The zero-order valence-electron chi connectivity index (χ0n) is 30.4. The highest BCUT2D eigenvalue weighted by Gasteiger charge is 2.63. The highest BCUT2D eigenvalue weighted by atomic mass is 19.3. The standard InChI is InChI=1S/C11H23FO2.C10H18F2O2.C8H15F3O.C3H7F/c1-8-13-9(2,3)10(4,5)14-11(6,7)12;1-7(2)8(3,4)14-10(6,13-7)9(5,11)12;1-7(9)4-3-5-12-6-8(2,10)11;1-3(2)4/h8H2,1-7H3;1-6H3;7H,3-6H2,1-2H3;3H,1-2H3. The molecule has 0 spiro atoms. The molecule has 270 valence electrons. The van der Waals surface area contributed by atoms with Crippen LogP contribution >= 0.6 is 0 Å². The molecule has 1 aliphatic rings. The van der Waals surface area contributed by atoms with Crippen LogP contribution < -0.4 is 0 Å². The number of rotatable bonds is 12. The summed E-state index contributed by atoms with van der Waals surface area (Å²) in [5.41, 5.74) is -2.62. The lowest BCUT2D eigenvalue weighted by Crippen LogP contribution is -2.52. The molecule has 0 N–H and O–H groups in total. The maximum Gasteiger partial charge on any atom is 0.297 e. The molecule has 0 saturated carbocycles. The molecular weight excluding hydrogens is 597 g/mol. The van der Waals surface area contributed by atoms with Crippen LogP contribution in [0.25, 0.3) is 0 Å². The fourth-order valence-electron chi connectivity index (χ4n) is 3.40. The normalized spacial score (nSPS) is 18.8. The number of hydrogen-bond acceptors (Lipinski definition) is 5. The van der Waals surface area contributed by atoms with Gasteiger partial charge in [-0.3, -0.25) is 0 Å². The lowest BCUT2D eigenvalue weighted by Gasteiger charge is -2.43. The van der Waals surface area contributed by atoms with Crippen LogP contribution in [0.15, 0.2) is 0 Å². The van der Waals surface area contributed by atoms with Crippen LogP contribution in [0.3, 0.4) is 0 Å². The number of hydrogen-bond donors (Lipinski definition) is 0.